The maximum atomic E-state index is 4.69. The Morgan fingerprint density at radius 2 is 1.89 bits per heavy atom. The van der Waals surface area contributed by atoms with Gasteiger partial charge in [0.25, 0.3) is 0 Å². The molecule has 0 aliphatic carbocycles. The molecule has 3 nitrogen and oxygen atoms in total. The Bertz CT molecular complexity index is 423. The van der Waals surface area contributed by atoms with E-state index in [1.54, 1.807) is 0 Å². The number of thioether (sulfide) groups is 1. The van der Waals surface area contributed by atoms with Crippen LogP contribution in [0.1, 0.15) is 39.1 Å². The van der Waals surface area contributed by atoms with Crippen molar-refractivity contribution in [3.05, 3.63) is 15.9 Å². The molecule has 2 unspecified atom stereocenters. The van der Waals surface area contributed by atoms with Crippen LogP contribution in [0.15, 0.2) is 4.47 Å². The molecular weight excluding hydrogens is 322 g/mol. The molecule has 2 rings (SSSR count). The van der Waals surface area contributed by atoms with Crippen molar-refractivity contribution in [1.29, 1.82) is 0 Å². The van der Waals surface area contributed by atoms with Gasteiger partial charge in [0, 0.05) is 36.7 Å². The number of hydrogen-bond donors (Lipinski definition) is 0. The van der Waals surface area contributed by atoms with Crippen LogP contribution >= 0.6 is 27.7 Å². The summed E-state index contributed by atoms with van der Waals surface area (Å²) in [6.45, 7) is 13.3. The topological polar surface area (TPSA) is 21.1 Å². The second kappa shape index (κ2) is 6.64. The van der Waals surface area contributed by atoms with Crippen molar-refractivity contribution >= 4 is 27.7 Å². The highest BCUT2D eigenvalue weighted by atomic mass is 79.9. The number of hydrogen-bond acceptors (Lipinski definition) is 3. The molecule has 0 amide bonds. The van der Waals surface area contributed by atoms with Crippen molar-refractivity contribution < 1.29 is 0 Å². The van der Waals surface area contributed by atoms with Crippen LogP contribution in [0, 0.1) is 0 Å². The Labute approximate surface area is 129 Å². The quantitative estimate of drug-likeness (QED) is 0.832. The van der Waals surface area contributed by atoms with Crippen LogP contribution in [0.25, 0.3) is 0 Å². The van der Waals surface area contributed by atoms with E-state index in [1.165, 1.54) is 29.0 Å². The summed E-state index contributed by atoms with van der Waals surface area (Å²) in [4.78, 5) is 2.57. The van der Waals surface area contributed by atoms with Crippen molar-refractivity contribution in [3.63, 3.8) is 0 Å². The van der Waals surface area contributed by atoms with E-state index in [0.29, 0.717) is 0 Å². The number of aromatic nitrogens is 2. The summed E-state index contributed by atoms with van der Waals surface area (Å²) < 4.78 is 3.37. The second-order valence-corrected chi connectivity index (χ2v) is 8.00. The molecule has 0 bridgehead atoms. The summed E-state index contributed by atoms with van der Waals surface area (Å²) in [5.41, 5.74) is 2.52. The van der Waals surface area contributed by atoms with Crippen LogP contribution in [-0.4, -0.2) is 38.3 Å². The molecule has 19 heavy (non-hydrogen) atoms. The number of nitrogens with zero attached hydrogens (tertiary/aromatic N) is 3. The minimum Gasteiger partial charge on any atom is -0.295 e. The minimum atomic E-state index is 0.728. The lowest BCUT2D eigenvalue weighted by atomic mass is 10.2. The number of rotatable bonds is 4. The zero-order valence-corrected chi connectivity index (χ0v) is 14.7. The molecule has 1 aliphatic rings. The fraction of sp³-hybridized carbons (Fsp3) is 0.786. The van der Waals surface area contributed by atoms with Gasteiger partial charge in [-0.05, 0) is 29.3 Å². The SMILES string of the molecule is CCc1nn(CC)c(CN2CC(C)SC(C)C2)c1Br. The summed E-state index contributed by atoms with van der Waals surface area (Å²) in [6.07, 6.45) is 0.989. The predicted molar refractivity (Wildman–Crippen MR) is 86.8 cm³/mol. The van der Waals surface area contributed by atoms with Crippen molar-refractivity contribution in [2.75, 3.05) is 13.1 Å². The Balaban J connectivity index is 2.16. The van der Waals surface area contributed by atoms with Gasteiger partial charge in [0.2, 0.25) is 0 Å². The molecule has 1 saturated heterocycles. The zero-order valence-electron chi connectivity index (χ0n) is 12.3. The third-order valence-electron chi connectivity index (χ3n) is 3.56. The zero-order chi connectivity index (χ0) is 14.0. The fourth-order valence-electron chi connectivity index (χ4n) is 2.79. The van der Waals surface area contributed by atoms with E-state index in [0.717, 1.165) is 30.0 Å². The molecule has 0 radical (unpaired) electrons. The first-order chi connectivity index (χ1) is 9.05. The predicted octanol–water partition coefficient (Wildman–Crippen LogP) is 3.55. The highest BCUT2D eigenvalue weighted by Crippen LogP contribution is 2.28. The maximum Gasteiger partial charge on any atom is 0.0767 e. The average molecular weight is 346 g/mol. The van der Waals surface area contributed by atoms with Crippen molar-refractivity contribution in [2.24, 2.45) is 0 Å². The second-order valence-electron chi connectivity index (χ2n) is 5.33. The van der Waals surface area contributed by atoms with Gasteiger partial charge in [0.1, 0.15) is 0 Å². The third-order valence-corrected chi connectivity index (χ3v) is 5.71. The van der Waals surface area contributed by atoms with Gasteiger partial charge in [-0.1, -0.05) is 20.8 Å². The van der Waals surface area contributed by atoms with Gasteiger partial charge in [0.05, 0.1) is 15.9 Å². The van der Waals surface area contributed by atoms with Crippen LogP contribution in [0.2, 0.25) is 0 Å². The first kappa shape index (κ1) is 15.4. The number of halogens is 1. The van der Waals surface area contributed by atoms with Crippen LogP contribution < -0.4 is 0 Å². The van der Waals surface area contributed by atoms with E-state index in [-0.39, 0.29) is 0 Å². The normalized spacial score (nSPS) is 24.9. The van der Waals surface area contributed by atoms with Gasteiger partial charge in [-0.15, -0.1) is 0 Å². The van der Waals surface area contributed by atoms with Crippen LogP contribution in [0.5, 0.6) is 0 Å². The van der Waals surface area contributed by atoms with Gasteiger partial charge < -0.3 is 0 Å². The molecule has 1 aromatic rings. The molecule has 5 heteroatoms. The standard InChI is InChI=1S/C14H24BrN3S/c1-5-12-14(15)13(18(6-2)16-12)9-17-7-10(3)19-11(4)8-17/h10-11H,5-9H2,1-4H3. The average Bonchev–Trinajstić information content (AvgIpc) is 2.65. The van der Waals surface area contributed by atoms with Gasteiger partial charge in [-0.2, -0.15) is 16.9 Å². The Kier molecular flexibility index (Phi) is 5.37. The molecule has 2 heterocycles. The van der Waals surface area contributed by atoms with Crippen LogP contribution in [0.4, 0.5) is 0 Å². The molecule has 1 aliphatic heterocycles. The molecule has 0 spiro atoms. The third kappa shape index (κ3) is 3.56. The monoisotopic (exact) mass is 345 g/mol. The fourth-order valence-corrected chi connectivity index (χ4v) is 4.87. The highest BCUT2D eigenvalue weighted by molar-refractivity contribution is 9.10. The summed E-state index contributed by atoms with van der Waals surface area (Å²) >= 11 is 5.85. The lowest BCUT2D eigenvalue weighted by Gasteiger charge is -2.34. The molecule has 0 aromatic carbocycles. The molecule has 1 fully saturated rings. The Morgan fingerprint density at radius 1 is 1.26 bits per heavy atom. The van der Waals surface area contributed by atoms with E-state index in [4.69, 9.17) is 0 Å². The largest absolute Gasteiger partial charge is 0.295 e. The van der Waals surface area contributed by atoms with Crippen LogP contribution in [0.3, 0.4) is 0 Å². The smallest absolute Gasteiger partial charge is 0.0767 e. The summed E-state index contributed by atoms with van der Waals surface area (Å²) in [7, 11) is 0. The minimum absolute atomic E-state index is 0.728. The molecule has 2 atom stereocenters. The van der Waals surface area contributed by atoms with Crippen molar-refractivity contribution in [2.45, 2.75) is 57.7 Å². The van der Waals surface area contributed by atoms with E-state index < -0.39 is 0 Å². The lowest BCUT2D eigenvalue weighted by molar-refractivity contribution is 0.254. The highest BCUT2D eigenvalue weighted by Gasteiger charge is 2.24. The van der Waals surface area contributed by atoms with E-state index in [9.17, 15) is 0 Å². The molecule has 0 N–H and O–H groups in total. The van der Waals surface area contributed by atoms with Gasteiger partial charge in [0.15, 0.2) is 0 Å². The lowest BCUT2D eigenvalue weighted by Crippen LogP contribution is -2.40. The number of aryl methyl sites for hydroxylation is 2. The molecule has 0 saturated carbocycles. The first-order valence-corrected chi connectivity index (χ1v) is 8.90. The Hall–Kier alpha value is -0.000000000000000111. The van der Waals surface area contributed by atoms with Crippen molar-refractivity contribution in [3.8, 4) is 0 Å². The van der Waals surface area contributed by atoms with Gasteiger partial charge in [-0.25, -0.2) is 0 Å². The molecule has 108 valence electrons. The van der Waals surface area contributed by atoms with Gasteiger partial charge in [-0.3, -0.25) is 9.58 Å². The molecule has 1 aromatic heterocycles. The summed E-state index contributed by atoms with van der Waals surface area (Å²) in [6, 6.07) is 0. The first-order valence-electron chi connectivity index (χ1n) is 7.17. The van der Waals surface area contributed by atoms with Crippen LogP contribution in [-0.2, 0) is 19.5 Å². The van der Waals surface area contributed by atoms with E-state index in [1.807, 2.05) is 0 Å². The van der Waals surface area contributed by atoms with Crippen molar-refractivity contribution in [1.82, 2.24) is 14.7 Å². The van der Waals surface area contributed by atoms with E-state index in [2.05, 4.69) is 70.1 Å². The maximum absolute atomic E-state index is 4.69. The summed E-state index contributed by atoms with van der Waals surface area (Å²) in [5, 5.41) is 6.14. The summed E-state index contributed by atoms with van der Waals surface area (Å²) in [5.74, 6) is 0. The van der Waals surface area contributed by atoms with Gasteiger partial charge >= 0.3 is 0 Å². The molecular formula is C14H24BrN3S. The Morgan fingerprint density at radius 3 is 2.42 bits per heavy atom. The van der Waals surface area contributed by atoms with E-state index >= 15 is 0 Å².